The van der Waals surface area contributed by atoms with E-state index in [0.29, 0.717) is 0 Å². The van der Waals surface area contributed by atoms with Crippen LogP contribution in [-0.4, -0.2) is 0 Å². The highest BCUT2D eigenvalue weighted by Crippen LogP contribution is 2.45. The second-order valence-electron chi connectivity index (χ2n) is 6.47. The fourth-order valence-corrected chi connectivity index (χ4v) is 3.19. The van der Waals surface area contributed by atoms with Crippen molar-refractivity contribution in [1.29, 1.82) is 0 Å². The maximum atomic E-state index is 2.46. The average Bonchev–Trinajstić information content (AvgIpc) is 2.99. The van der Waals surface area contributed by atoms with Gasteiger partial charge in [-0.3, -0.25) is 0 Å². The summed E-state index contributed by atoms with van der Waals surface area (Å²) in [5, 5.41) is 0. The van der Waals surface area contributed by atoms with Crippen LogP contribution in [0, 0.1) is 5.41 Å². The normalized spacial score (nSPS) is 19.2. The fraction of sp³-hybridized carbons (Fsp3) is 0.579. The molecular formula is C19H28. The molecule has 0 nitrogen and oxygen atoms in total. The van der Waals surface area contributed by atoms with E-state index in [1.165, 1.54) is 32.1 Å². The van der Waals surface area contributed by atoms with Gasteiger partial charge in [0, 0.05) is 5.41 Å². The van der Waals surface area contributed by atoms with Crippen LogP contribution in [0.2, 0.25) is 0 Å². The molecule has 0 fully saturated rings. The average molecular weight is 256 g/mol. The van der Waals surface area contributed by atoms with Crippen molar-refractivity contribution < 1.29 is 0 Å². The fourth-order valence-electron chi connectivity index (χ4n) is 3.19. The van der Waals surface area contributed by atoms with Gasteiger partial charge in [0.2, 0.25) is 0 Å². The summed E-state index contributed by atoms with van der Waals surface area (Å²) in [6, 6.07) is 0. The Hall–Kier alpha value is -1.04. The summed E-state index contributed by atoms with van der Waals surface area (Å²) in [4.78, 5) is 0. The predicted octanol–water partition coefficient (Wildman–Crippen LogP) is 6.13. The highest BCUT2D eigenvalue weighted by atomic mass is 14.3. The lowest BCUT2D eigenvalue weighted by atomic mass is 9.75. The molecule has 0 aromatic rings. The van der Waals surface area contributed by atoms with Gasteiger partial charge in [-0.2, -0.15) is 0 Å². The first-order valence-electron chi connectivity index (χ1n) is 7.87. The van der Waals surface area contributed by atoms with E-state index in [1.807, 2.05) is 0 Å². The van der Waals surface area contributed by atoms with E-state index in [1.54, 1.807) is 22.3 Å². The Morgan fingerprint density at radius 2 is 1.74 bits per heavy atom. The third-order valence-electron chi connectivity index (χ3n) is 4.60. The quantitative estimate of drug-likeness (QED) is 0.536. The second kappa shape index (κ2) is 5.94. The van der Waals surface area contributed by atoms with Crippen molar-refractivity contribution in [2.75, 3.05) is 0 Å². The van der Waals surface area contributed by atoms with Gasteiger partial charge >= 0.3 is 0 Å². The highest BCUT2D eigenvalue weighted by Gasteiger charge is 2.30. The van der Waals surface area contributed by atoms with E-state index < -0.39 is 0 Å². The first-order valence-corrected chi connectivity index (χ1v) is 7.87. The van der Waals surface area contributed by atoms with Crippen LogP contribution in [-0.2, 0) is 0 Å². The third kappa shape index (κ3) is 3.11. The number of hydrogen-bond acceptors (Lipinski definition) is 0. The van der Waals surface area contributed by atoms with Crippen molar-refractivity contribution in [2.24, 2.45) is 5.41 Å². The molecule has 0 bridgehead atoms. The van der Waals surface area contributed by atoms with E-state index in [-0.39, 0.29) is 5.41 Å². The molecular weight excluding hydrogens is 228 g/mol. The second-order valence-corrected chi connectivity index (χ2v) is 6.47. The molecule has 0 spiro atoms. The Bertz CT molecular complexity index is 452. The molecule has 0 unspecified atom stereocenters. The molecule has 0 saturated heterocycles. The van der Waals surface area contributed by atoms with Crippen LogP contribution in [0.1, 0.15) is 66.2 Å². The minimum atomic E-state index is 0.234. The molecule has 0 aromatic carbocycles. The molecule has 2 rings (SSSR count). The Balaban J connectivity index is 2.03. The maximum Gasteiger partial charge on any atom is 0.00766 e. The Labute approximate surface area is 119 Å². The van der Waals surface area contributed by atoms with Gasteiger partial charge in [0.1, 0.15) is 0 Å². The first-order chi connectivity index (χ1) is 9.07. The lowest BCUT2D eigenvalue weighted by molar-refractivity contribution is 0.518. The molecule has 2 aliphatic carbocycles. The summed E-state index contributed by atoms with van der Waals surface area (Å²) in [7, 11) is 0. The SMILES string of the molecule is CCCC1=CCC(C(C)(C)C2=CC=C(CCC)C2)=C1. The molecule has 0 atom stereocenters. The summed E-state index contributed by atoms with van der Waals surface area (Å²) in [5.41, 5.74) is 6.61. The van der Waals surface area contributed by atoms with Gasteiger partial charge in [-0.05, 0) is 25.7 Å². The Kier molecular flexibility index (Phi) is 4.50. The molecule has 2 aliphatic rings. The summed E-state index contributed by atoms with van der Waals surface area (Å²) in [6.07, 6.45) is 17.0. The third-order valence-corrected chi connectivity index (χ3v) is 4.60. The topological polar surface area (TPSA) is 0 Å². The molecule has 0 radical (unpaired) electrons. The van der Waals surface area contributed by atoms with Gasteiger partial charge in [0.15, 0.2) is 0 Å². The lowest BCUT2D eigenvalue weighted by Crippen LogP contribution is -2.16. The van der Waals surface area contributed by atoms with Crippen LogP contribution in [0.3, 0.4) is 0 Å². The van der Waals surface area contributed by atoms with E-state index in [0.717, 1.165) is 6.42 Å². The first kappa shape index (κ1) is 14.4. The summed E-state index contributed by atoms with van der Waals surface area (Å²) >= 11 is 0. The van der Waals surface area contributed by atoms with Crippen molar-refractivity contribution in [2.45, 2.75) is 66.2 Å². The van der Waals surface area contributed by atoms with Crippen LogP contribution in [0.25, 0.3) is 0 Å². The predicted molar refractivity (Wildman–Crippen MR) is 85.2 cm³/mol. The summed E-state index contributed by atoms with van der Waals surface area (Å²) < 4.78 is 0. The van der Waals surface area contributed by atoms with Crippen molar-refractivity contribution in [3.8, 4) is 0 Å². The molecule has 19 heavy (non-hydrogen) atoms. The molecule has 0 heteroatoms. The van der Waals surface area contributed by atoms with Crippen molar-refractivity contribution in [3.63, 3.8) is 0 Å². The highest BCUT2D eigenvalue weighted by molar-refractivity contribution is 5.44. The molecule has 0 heterocycles. The van der Waals surface area contributed by atoms with Crippen LogP contribution in [0.4, 0.5) is 0 Å². The Morgan fingerprint density at radius 3 is 2.42 bits per heavy atom. The van der Waals surface area contributed by atoms with Crippen molar-refractivity contribution >= 4 is 0 Å². The zero-order chi connectivity index (χ0) is 13.9. The van der Waals surface area contributed by atoms with Gasteiger partial charge in [0.25, 0.3) is 0 Å². The van der Waals surface area contributed by atoms with Crippen LogP contribution in [0.5, 0.6) is 0 Å². The molecule has 0 saturated carbocycles. The smallest absolute Gasteiger partial charge is 0.00766 e. The van der Waals surface area contributed by atoms with Crippen molar-refractivity contribution in [1.82, 2.24) is 0 Å². The lowest BCUT2D eigenvalue weighted by Gasteiger charge is -2.29. The molecule has 0 aromatic heterocycles. The number of rotatable bonds is 6. The maximum absolute atomic E-state index is 2.46. The molecule has 0 aliphatic heterocycles. The monoisotopic (exact) mass is 256 g/mol. The standard InChI is InChI=1S/C19H28/c1-5-7-15-9-11-17(13-15)19(3,4)18-12-10-16(14-18)8-6-2/h9-11,14H,5-8,12-13H2,1-4H3. The largest absolute Gasteiger partial charge is 0.0772 e. The van der Waals surface area contributed by atoms with Crippen LogP contribution >= 0.6 is 0 Å². The molecule has 0 N–H and O–H groups in total. The van der Waals surface area contributed by atoms with E-state index in [2.05, 4.69) is 52.0 Å². The van der Waals surface area contributed by atoms with Gasteiger partial charge in [-0.15, -0.1) is 0 Å². The van der Waals surface area contributed by atoms with Crippen molar-refractivity contribution in [3.05, 3.63) is 46.6 Å². The Morgan fingerprint density at radius 1 is 1.00 bits per heavy atom. The zero-order valence-electron chi connectivity index (χ0n) is 13.1. The number of allylic oxidation sites excluding steroid dienone is 8. The van der Waals surface area contributed by atoms with Gasteiger partial charge in [0.05, 0.1) is 0 Å². The van der Waals surface area contributed by atoms with Crippen LogP contribution < -0.4 is 0 Å². The zero-order valence-corrected chi connectivity index (χ0v) is 13.1. The minimum absolute atomic E-state index is 0.234. The van der Waals surface area contributed by atoms with Gasteiger partial charge in [-0.25, -0.2) is 0 Å². The van der Waals surface area contributed by atoms with Gasteiger partial charge < -0.3 is 0 Å². The number of hydrogen-bond donors (Lipinski definition) is 0. The van der Waals surface area contributed by atoms with E-state index in [4.69, 9.17) is 0 Å². The molecule has 104 valence electrons. The van der Waals surface area contributed by atoms with Gasteiger partial charge in [-0.1, -0.05) is 87.1 Å². The van der Waals surface area contributed by atoms with Crippen LogP contribution in [0.15, 0.2) is 46.6 Å². The summed E-state index contributed by atoms with van der Waals surface area (Å²) in [6.45, 7) is 9.33. The van der Waals surface area contributed by atoms with E-state index >= 15 is 0 Å². The molecule has 0 amide bonds. The minimum Gasteiger partial charge on any atom is -0.0772 e. The summed E-state index contributed by atoms with van der Waals surface area (Å²) in [5.74, 6) is 0. The van der Waals surface area contributed by atoms with E-state index in [9.17, 15) is 0 Å².